The van der Waals surface area contributed by atoms with Crippen LogP contribution in [-0.4, -0.2) is 58.4 Å². The molecular weight excluding hydrogens is 354 g/mol. The standard InChI is InChI=1S/C19H27N3O3.ClH/c20-17(12-14-6-8-16(23)9-7-14)19(25)21-10-11-22(18(24)13-21)15-4-2-1-3-5-15;/h6-9,15,17,23H,1-5,10-13,20H2;1H/t17-;/m0./s1. The Bertz CT molecular complexity index is 617. The lowest BCUT2D eigenvalue weighted by Gasteiger charge is -2.41. The van der Waals surface area contributed by atoms with E-state index in [4.69, 9.17) is 5.73 Å². The molecule has 0 unspecified atom stereocenters. The van der Waals surface area contributed by atoms with E-state index in [9.17, 15) is 14.7 Å². The van der Waals surface area contributed by atoms with Crippen LogP contribution < -0.4 is 5.73 Å². The second-order valence-electron chi connectivity index (χ2n) is 7.12. The molecule has 3 rings (SSSR count). The van der Waals surface area contributed by atoms with Gasteiger partial charge in [0.25, 0.3) is 0 Å². The Morgan fingerprint density at radius 3 is 2.42 bits per heavy atom. The zero-order valence-corrected chi connectivity index (χ0v) is 15.8. The zero-order chi connectivity index (χ0) is 17.8. The Kier molecular flexibility index (Phi) is 7.29. The lowest BCUT2D eigenvalue weighted by molar-refractivity contribution is -0.148. The Hall–Kier alpha value is -1.79. The van der Waals surface area contributed by atoms with Crippen molar-refractivity contribution in [2.24, 2.45) is 5.73 Å². The molecule has 1 aromatic rings. The molecule has 1 aliphatic carbocycles. The van der Waals surface area contributed by atoms with E-state index in [-0.39, 0.29) is 36.5 Å². The molecule has 1 atom stereocenters. The fourth-order valence-electron chi connectivity index (χ4n) is 3.86. The second kappa shape index (κ2) is 9.24. The summed E-state index contributed by atoms with van der Waals surface area (Å²) in [7, 11) is 0. The number of carbonyl (C=O) groups is 2. The van der Waals surface area contributed by atoms with E-state index in [0.717, 1.165) is 18.4 Å². The van der Waals surface area contributed by atoms with Gasteiger partial charge in [0.05, 0.1) is 12.6 Å². The Balaban J connectivity index is 0.00000243. The van der Waals surface area contributed by atoms with Crippen LogP contribution in [0.3, 0.4) is 0 Å². The van der Waals surface area contributed by atoms with Crippen molar-refractivity contribution in [3.05, 3.63) is 29.8 Å². The zero-order valence-electron chi connectivity index (χ0n) is 15.0. The van der Waals surface area contributed by atoms with E-state index in [1.165, 1.54) is 19.3 Å². The number of phenolic OH excluding ortho intramolecular Hbond substituents is 1. The number of benzene rings is 1. The third-order valence-corrected chi connectivity index (χ3v) is 5.29. The average molecular weight is 382 g/mol. The van der Waals surface area contributed by atoms with E-state index in [1.54, 1.807) is 29.2 Å². The number of carbonyl (C=O) groups excluding carboxylic acids is 2. The van der Waals surface area contributed by atoms with E-state index in [0.29, 0.717) is 25.6 Å². The van der Waals surface area contributed by atoms with Crippen molar-refractivity contribution in [3.8, 4) is 5.75 Å². The summed E-state index contributed by atoms with van der Waals surface area (Å²) in [5.41, 5.74) is 6.96. The molecule has 144 valence electrons. The van der Waals surface area contributed by atoms with Crippen LogP contribution in [0.15, 0.2) is 24.3 Å². The molecule has 2 fully saturated rings. The monoisotopic (exact) mass is 381 g/mol. The fourth-order valence-corrected chi connectivity index (χ4v) is 3.86. The molecule has 1 aliphatic heterocycles. The van der Waals surface area contributed by atoms with Crippen LogP contribution in [0.25, 0.3) is 0 Å². The van der Waals surface area contributed by atoms with Crippen molar-refractivity contribution in [3.63, 3.8) is 0 Å². The summed E-state index contributed by atoms with van der Waals surface area (Å²) in [6.07, 6.45) is 6.20. The van der Waals surface area contributed by atoms with E-state index >= 15 is 0 Å². The van der Waals surface area contributed by atoms with Crippen molar-refractivity contribution in [1.82, 2.24) is 9.80 Å². The highest BCUT2D eigenvalue weighted by Gasteiger charge is 2.33. The minimum atomic E-state index is -0.668. The molecule has 2 aliphatic rings. The number of hydrogen-bond acceptors (Lipinski definition) is 4. The number of hydrogen-bond donors (Lipinski definition) is 2. The van der Waals surface area contributed by atoms with Crippen LogP contribution >= 0.6 is 12.4 Å². The average Bonchev–Trinajstić information content (AvgIpc) is 2.63. The third-order valence-electron chi connectivity index (χ3n) is 5.29. The predicted molar refractivity (Wildman–Crippen MR) is 102 cm³/mol. The first-order valence-corrected chi connectivity index (χ1v) is 9.16. The summed E-state index contributed by atoms with van der Waals surface area (Å²) in [5.74, 6) is 0.0566. The topological polar surface area (TPSA) is 86.9 Å². The van der Waals surface area contributed by atoms with Crippen LogP contribution in [-0.2, 0) is 16.0 Å². The van der Waals surface area contributed by atoms with E-state index < -0.39 is 6.04 Å². The molecule has 0 radical (unpaired) electrons. The molecule has 26 heavy (non-hydrogen) atoms. The van der Waals surface area contributed by atoms with Gasteiger partial charge in [-0.2, -0.15) is 0 Å². The van der Waals surface area contributed by atoms with E-state index in [1.807, 2.05) is 4.90 Å². The molecule has 6 nitrogen and oxygen atoms in total. The van der Waals surface area contributed by atoms with Gasteiger partial charge in [0.1, 0.15) is 5.75 Å². The minimum Gasteiger partial charge on any atom is -0.508 e. The highest BCUT2D eigenvalue weighted by molar-refractivity contribution is 5.88. The van der Waals surface area contributed by atoms with Gasteiger partial charge in [0, 0.05) is 19.1 Å². The van der Waals surface area contributed by atoms with Gasteiger partial charge in [-0.3, -0.25) is 9.59 Å². The Morgan fingerprint density at radius 2 is 1.81 bits per heavy atom. The smallest absolute Gasteiger partial charge is 0.242 e. The highest BCUT2D eigenvalue weighted by Crippen LogP contribution is 2.24. The summed E-state index contributed by atoms with van der Waals surface area (Å²) in [5, 5.41) is 9.32. The van der Waals surface area contributed by atoms with Crippen LogP contribution in [0, 0.1) is 0 Å². The first-order chi connectivity index (χ1) is 12.0. The molecule has 0 aromatic heterocycles. The highest BCUT2D eigenvalue weighted by atomic mass is 35.5. The Morgan fingerprint density at radius 1 is 1.15 bits per heavy atom. The van der Waals surface area contributed by atoms with Crippen LogP contribution in [0.2, 0.25) is 0 Å². The van der Waals surface area contributed by atoms with Crippen molar-refractivity contribution >= 4 is 24.2 Å². The number of amides is 2. The molecule has 3 N–H and O–H groups in total. The fraction of sp³-hybridized carbons (Fsp3) is 0.579. The van der Waals surface area contributed by atoms with E-state index in [2.05, 4.69) is 0 Å². The number of rotatable bonds is 4. The quantitative estimate of drug-likeness (QED) is 0.830. The van der Waals surface area contributed by atoms with Crippen LogP contribution in [0.5, 0.6) is 5.75 Å². The van der Waals surface area contributed by atoms with Crippen LogP contribution in [0.4, 0.5) is 0 Å². The number of piperazine rings is 1. The van der Waals surface area contributed by atoms with Crippen molar-refractivity contribution in [1.29, 1.82) is 0 Å². The first-order valence-electron chi connectivity index (χ1n) is 9.16. The number of phenols is 1. The molecule has 1 saturated carbocycles. The van der Waals surface area contributed by atoms with Gasteiger partial charge in [0.2, 0.25) is 11.8 Å². The lowest BCUT2D eigenvalue weighted by Crippen LogP contribution is -2.58. The molecule has 0 spiro atoms. The summed E-state index contributed by atoms with van der Waals surface area (Å²) in [6, 6.07) is 6.36. The predicted octanol–water partition coefficient (Wildman–Crippen LogP) is 1.69. The number of nitrogens with two attached hydrogens (primary N) is 1. The maximum atomic E-state index is 12.6. The molecule has 2 amide bonds. The molecule has 0 bridgehead atoms. The summed E-state index contributed by atoms with van der Waals surface area (Å²) >= 11 is 0. The normalized spacial score (nSPS) is 19.8. The number of aromatic hydroxyl groups is 1. The minimum absolute atomic E-state index is 0. The van der Waals surface area contributed by atoms with Crippen molar-refractivity contribution in [2.75, 3.05) is 19.6 Å². The largest absolute Gasteiger partial charge is 0.508 e. The lowest BCUT2D eigenvalue weighted by atomic mass is 9.93. The summed E-state index contributed by atoms with van der Waals surface area (Å²) < 4.78 is 0. The van der Waals surface area contributed by atoms with Crippen molar-refractivity contribution < 1.29 is 14.7 Å². The maximum Gasteiger partial charge on any atom is 0.242 e. The van der Waals surface area contributed by atoms with Gasteiger partial charge < -0.3 is 20.6 Å². The third kappa shape index (κ3) is 4.89. The maximum absolute atomic E-state index is 12.6. The van der Waals surface area contributed by atoms with Gasteiger partial charge in [-0.15, -0.1) is 12.4 Å². The van der Waals surface area contributed by atoms with Gasteiger partial charge in [-0.1, -0.05) is 31.4 Å². The first kappa shape index (κ1) is 20.5. The number of nitrogens with zero attached hydrogens (tertiary/aromatic N) is 2. The van der Waals surface area contributed by atoms with Gasteiger partial charge in [-0.05, 0) is 37.0 Å². The van der Waals surface area contributed by atoms with Gasteiger partial charge in [0.15, 0.2) is 0 Å². The molecule has 1 saturated heterocycles. The molecule has 1 heterocycles. The second-order valence-corrected chi connectivity index (χ2v) is 7.12. The Labute approximate surface area is 160 Å². The molecule has 1 aromatic carbocycles. The number of halogens is 1. The van der Waals surface area contributed by atoms with Crippen molar-refractivity contribution in [2.45, 2.75) is 50.6 Å². The molecular formula is C19H28ClN3O3. The SMILES string of the molecule is Cl.N[C@@H](Cc1ccc(O)cc1)C(=O)N1CCN(C2CCCCC2)C(=O)C1. The van der Waals surface area contributed by atoms with Crippen LogP contribution in [0.1, 0.15) is 37.7 Å². The summed E-state index contributed by atoms with van der Waals surface area (Å²) in [6.45, 7) is 1.31. The molecule has 7 heteroatoms. The van der Waals surface area contributed by atoms with Gasteiger partial charge >= 0.3 is 0 Å². The summed E-state index contributed by atoms with van der Waals surface area (Å²) in [4.78, 5) is 28.6. The van der Waals surface area contributed by atoms with Gasteiger partial charge in [-0.25, -0.2) is 0 Å².